The second-order valence-corrected chi connectivity index (χ2v) is 8.24. The van der Waals surface area contributed by atoms with Gasteiger partial charge in [-0.05, 0) is 56.0 Å². The molecular formula is C22H29N5O3. The number of hydrogen-bond acceptors (Lipinski definition) is 5. The average Bonchev–Trinajstić information content (AvgIpc) is 3.14. The second kappa shape index (κ2) is 8.47. The third kappa shape index (κ3) is 3.92. The molecule has 0 aliphatic carbocycles. The molecule has 2 aliphatic rings. The fourth-order valence-corrected chi connectivity index (χ4v) is 4.48. The number of nitrogens with zero attached hydrogens (tertiary/aromatic N) is 4. The molecular weight excluding hydrogens is 382 g/mol. The van der Waals surface area contributed by atoms with E-state index in [0.29, 0.717) is 48.1 Å². The van der Waals surface area contributed by atoms with E-state index in [1.165, 1.54) is 12.8 Å². The summed E-state index contributed by atoms with van der Waals surface area (Å²) in [6.07, 6.45) is 3.07. The first-order valence-electron chi connectivity index (χ1n) is 10.6. The molecule has 1 aromatic carbocycles. The van der Waals surface area contributed by atoms with Gasteiger partial charge in [-0.25, -0.2) is 4.68 Å². The summed E-state index contributed by atoms with van der Waals surface area (Å²) in [7, 11) is 1.60. The number of rotatable bonds is 6. The SMILES string of the molecule is COc1ccc(-n2nc(C(N)=O)c3c2C(=O)N(CCN2CCCC(C)C2)CC3)cc1. The molecule has 160 valence electrons. The van der Waals surface area contributed by atoms with Crippen molar-refractivity contribution in [2.24, 2.45) is 11.7 Å². The summed E-state index contributed by atoms with van der Waals surface area (Å²) in [5, 5.41) is 4.41. The molecule has 8 heteroatoms. The van der Waals surface area contributed by atoms with Crippen LogP contribution in [0.3, 0.4) is 0 Å². The van der Waals surface area contributed by atoms with Crippen molar-refractivity contribution in [3.05, 3.63) is 41.2 Å². The quantitative estimate of drug-likeness (QED) is 0.781. The Labute approximate surface area is 176 Å². The van der Waals surface area contributed by atoms with Crippen LogP contribution in [0.2, 0.25) is 0 Å². The van der Waals surface area contributed by atoms with Crippen LogP contribution in [0.5, 0.6) is 5.75 Å². The van der Waals surface area contributed by atoms with E-state index >= 15 is 0 Å². The number of fused-ring (bicyclic) bond motifs is 1. The van der Waals surface area contributed by atoms with Gasteiger partial charge in [0.25, 0.3) is 11.8 Å². The monoisotopic (exact) mass is 411 g/mol. The summed E-state index contributed by atoms with van der Waals surface area (Å²) in [5.41, 5.74) is 7.51. The number of amides is 2. The maximum Gasteiger partial charge on any atom is 0.272 e. The van der Waals surface area contributed by atoms with Gasteiger partial charge >= 0.3 is 0 Å². The van der Waals surface area contributed by atoms with E-state index < -0.39 is 5.91 Å². The number of primary amides is 1. The zero-order valence-electron chi connectivity index (χ0n) is 17.6. The Bertz CT molecular complexity index is 937. The Morgan fingerprint density at radius 2 is 2.00 bits per heavy atom. The molecule has 0 saturated carbocycles. The van der Waals surface area contributed by atoms with Crippen LogP contribution in [0.15, 0.2) is 24.3 Å². The molecule has 2 amide bonds. The smallest absolute Gasteiger partial charge is 0.272 e. The highest BCUT2D eigenvalue weighted by molar-refractivity contribution is 6.01. The van der Waals surface area contributed by atoms with Crippen LogP contribution in [0.25, 0.3) is 5.69 Å². The average molecular weight is 412 g/mol. The maximum atomic E-state index is 13.4. The minimum Gasteiger partial charge on any atom is -0.497 e. The molecule has 0 radical (unpaired) electrons. The first kappa shape index (κ1) is 20.4. The zero-order valence-corrected chi connectivity index (χ0v) is 17.6. The summed E-state index contributed by atoms with van der Waals surface area (Å²) >= 11 is 0. The molecule has 2 aromatic rings. The number of aromatic nitrogens is 2. The number of methoxy groups -OCH3 is 1. The van der Waals surface area contributed by atoms with E-state index in [1.54, 1.807) is 23.9 Å². The van der Waals surface area contributed by atoms with Crippen LogP contribution in [-0.2, 0) is 6.42 Å². The molecule has 2 N–H and O–H groups in total. The highest BCUT2D eigenvalue weighted by Crippen LogP contribution is 2.26. The second-order valence-electron chi connectivity index (χ2n) is 8.24. The summed E-state index contributed by atoms with van der Waals surface area (Å²) in [6.45, 7) is 6.57. The number of likely N-dealkylation sites (tertiary alicyclic amines) is 1. The molecule has 8 nitrogen and oxygen atoms in total. The minimum absolute atomic E-state index is 0.0999. The lowest BCUT2D eigenvalue weighted by atomic mass is 10.00. The fourth-order valence-electron chi connectivity index (χ4n) is 4.48. The molecule has 1 aromatic heterocycles. The Morgan fingerprint density at radius 3 is 2.67 bits per heavy atom. The van der Waals surface area contributed by atoms with Gasteiger partial charge in [-0.15, -0.1) is 0 Å². The van der Waals surface area contributed by atoms with Crippen LogP contribution in [0.1, 0.15) is 46.3 Å². The number of piperidine rings is 1. The van der Waals surface area contributed by atoms with Crippen LogP contribution in [-0.4, -0.2) is 71.2 Å². The molecule has 0 bridgehead atoms. The molecule has 30 heavy (non-hydrogen) atoms. The van der Waals surface area contributed by atoms with Crippen molar-refractivity contribution >= 4 is 11.8 Å². The van der Waals surface area contributed by atoms with Gasteiger partial charge in [0.1, 0.15) is 11.4 Å². The Morgan fingerprint density at radius 1 is 1.23 bits per heavy atom. The Kier molecular flexibility index (Phi) is 5.76. The molecule has 1 unspecified atom stereocenters. The predicted molar refractivity (Wildman–Crippen MR) is 113 cm³/mol. The topological polar surface area (TPSA) is 93.7 Å². The van der Waals surface area contributed by atoms with Gasteiger partial charge in [-0.3, -0.25) is 9.59 Å². The van der Waals surface area contributed by atoms with Gasteiger partial charge in [0, 0.05) is 31.7 Å². The van der Waals surface area contributed by atoms with Gasteiger partial charge in [0.05, 0.1) is 12.8 Å². The molecule has 1 saturated heterocycles. The molecule has 3 heterocycles. The summed E-state index contributed by atoms with van der Waals surface area (Å²) in [4.78, 5) is 29.6. The molecule has 0 spiro atoms. The largest absolute Gasteiger partial charge is 0.497 e. The summed E-state index contributed by atoms with van der Waals surface area (Å²) < 4.78 is 6.76. The van der Waals surface area contributed by atoms with Crippen LogP contribution in [0, 0.1) is 5.92 Å². The van der Waals surface area contributed by atoms with E-state index in [1.807, 2.05) is 17.0 Å². The number of hydrogen-bond donors (Lipinski definition) is 1. The van der Waals surface area contributed by atoms with Gasteiger partial charge in [-0.2, -0.15) is 5.10 Å². The molecule has 2 aliphatic heterocycles. The Hall–Kier alpha value is -2.87. The number of carbonyl (C=O) groups is 2. The van der Waals surface area contributed by atoms with Crippen LogP contribution >= 0.6 is 0 Å². The lowest BCUT2D eigenvalue weighted by Crippen LogP contribution is -2.45. The third-order valence-corrected chi connectivity index (χ3v) is 6.08. The summed E-state index contributed by atoms with van der Waals surface area (Å²) in [6, 6.07) is 7.24. The van der Waals surface area contributed by atoms with E-state index in [2.05, 4.69) is 16.9 Å². The normalized spacial score (nSPS) is 19.6. The molecule has 4 rings (SSSR count). The van der Waals surface area contributed by atoms with E-state index in [4.69, 9.17) is 10.5 Å². The standard InChI is InChI=1S/C22H29N5O3/c1-15-4-3-10-25(14-15)12-13-26-11-9-18-19(21(23)28)24-27(20(18)22(26)29)16-5-7-17(30-2)8-6-16/h5-8,15H,3-4,9-14H2,1-2H3,(H2,23,28). The van der Waals surface area contributed by atoms with E-state index in [-0.39, 0.29) is 11.6 Å². The highest BCUT2D eigenvalue weighted by Gasteiger charge is 2.34. The lowest BCUT2D eigenvalue weighted by molar-refractivity contribution is 0.0695. The first-order chi connectivity index (χ1) is 14.5. The van der Waals surface area contributed by atoms with Crippen molar-refractivity contribution in [2.45, 2.75) is 26.2 Å². The third-order valence-electron chi connectivity index (χ3n) is 6.08. The van der Waals surface area contributed by atoms with Crippen molar-refractivity contribution in [2.75, 3.05) is 39.8 Å². The fraction of sp³-hybridized carbons (Fsp3) is 0.500. The maximum absolute atomic E-state index is 13.4. The number of benzene rings is 1. The zero-order chi connectivity index (χ0) is 21.3. The lowest BCUT2D eigenvalue weighted by Gasteiger charge is -2.34. The highest BCUT2D eigenvalue weighted by atomic mass is 16.5. The van der Waals surface area contributed by atoms with E-state index in [0.717, 1.165) is 19.6 Å². The number of nitrogens with two attached hydrogens (primary N) is 1. The van der Waals surface area contributed by atoms with Gasteiger partial charge in [0.2, 0.25) is 0 Å². The molecule has 1 fully saturated rings. The molecule has 1 atom stereocenters. The predicted octanol–water partition coefficient (Wildman–Crippen LogP) is 1.71. The van der Waals surface area contributed by atoms with Crippen molar-refractivity contribution in [1.29, 1.82) is 0 Å². The first-order valence-corrected chi connectivity index (χ1v) is 10.6. The van der Waals surface area contributed by atoms with Crippen LogP contribution < -0.4 is 10.5 Å². The summed E-state index contributed by atoms with van der Waals surface area (Å²) in [5.74, 6) is 0.704. The van der Waals surface area contributed by atoms with Gasteiger partial charge in [0.15, 0.2) is 5.69 Å². The van der Waals surface area contributed by atoms with Crippen molar-refractivity contribution < 1.29 is 14.3 Å². The van der Waals surface area contributed by atoms with Crippen molar-refractivity contribution in [3.63, 3.8) is 0 Å². The number of ether oxygens (including phenoxy) is 1. The van der Waals surface area contributed by atoms with E-state index in [9.17, 15) is 9.59 Å². The van der Waals surface area contributed by atoms with Crippen molar-refractivity contribution in [3.8, 4) is 11.4 Å². The van der Waals surface area contributed by atoms with Gasteiger partial charge in [-0.1, -0.05) is 6.92 Å². The minimum atomic E-state index is -0.609. The van der Waals surface area contributed by atoms with Crippen LogP contribution in [0.4, 0.5) is 0 Å². The number of carbonyl (C=O) groups excluding carboxylic acids is 2. The van der Waals surface area contributed by atoms with Gasteiger partial charge < -0.3 is 20.3 Å². The Balaban J connectivity index is 1.59. The van der Waals surface area contributed by atoms with Crippen molar-refractivity contribution in [1.82, 2.24) is 19.6 Å².